The first-order valence-corrected chi connectivity index (χ1v) is 7.34. The van der Waals surface area contributed by atoms with Crippen LogP contribution in [0, 0.1) is 11.3 Å². The van der Waals surface area contributed by atoms with Crippen LogP contribution in [0.1, 0.15) is 12.5 Å². The second kappa shape index (κ2) is 5.87. The Kier molecular flexibility index (Phi) is 3.76. The van der Waals surface area contributed by atoms with E-state index in [1.807, 2.05) is 36.4 Å². The van der Waals surface area contributed by atoms with Crippen molar-refractivity contribution in [1.82, 2.24) is 4.98 Å². The maximum Gasteiger partial charge on any atom is 0.101 e. The highest BCUT2D eigenvalue weighted by Gasteiger charge is 2.12. The number of nitriles is 1. The van der Waals surface area contributed by atoms with E-state index in [4.69, 9.17) is 0 Å². The molecule has 0 aliphatic carbocycles. The standard InChI is InChI=1S/C19H17N3/c1-3-22(2)16-9-10-18-17(11-16)19(15(12-20)13-21-18)14-7-5-4-6-8-14/h4-11,13H,3H2,1-2H3. The summed E-state index contributed by atoms with van der Waals surface area (Å²) in [5, 5.41) is 10.5. The average molecular weight is 287 g/mol. The number of anilines is 1. The Bertz CT molecular complexity index is 848. The summed E-state index contributed by atoms with van der Waals surface area (Å²) in [7, 11) is 2.06. The molecule has 0 atom stereocenters. The molecule has 0 amide bonds. The van der Waals surface area contributed by atoms with E-state index in [-0.39, 0.29) is 0 Å². The smallest absolute Gasteiger partial charge is 0.101 e. The third-order valence-corrected chi connectivity index (χ3v) is 3.95. The van der Waals surface area contributed by atoms with Crippen molar-refractivity contribution in [2.75, 3.05) is 18.5 Å². The lowest BCUT2D eigenvalue weighted by Gasteiger charge is -2.18. The van der Waals surface area contributed by atoms with Gasteiger partial charge in [-0.05, 0) is 30.7 Å². The van der Waals surface area contributed by atoms with E-state index < -0.39 is 0 Å². The van der Waals surface area contributed by atoms with Gasteiger partial charge in [0.15, 0.2) is 0 Å². The Morgan fingerprint density at radius 1 is 1.14 bits per heavy atom. The molecule has 0 saturated heterocycles. The zero-order valence-corrected chi connectivity index (χ0v) is 12.7. The summed E-state index contributed by atoms with van der Waals surface area (Å²) in [5.41, 5.74) is 4.65. The molecule has 1 heterocycles. The van der Waals surface area contributed by atoms with Gasteiger partial charge in [0.25, 0.3) is 0 Å². The van der Waals surface area contributed by atoms with Crippen molar-refractivity contribution in [3.05, 3.63) is 60.3 Å². The van der Waals surface area contributed by atoms with Gasteiger partial charge < -0.3 is 4.90 Å². The van der Waals surface area contributed by atoms with Gasteiger partial charge in [-0.1, -0.05) is 30.3 Å². The van der Waals surface area contributed by atoms with E-state index in [9.17, 15) is 5.26 Å². The molecule has 0 fully saturated rings. The number of nitrogens with zero attached hydrogens (tertiary/aromatic N) is 3. The van der Waals surface area contributed by atoms with Gasteiger partial charge in [-0.3, -0.25) is 4.98 Å². The van der Waals surface area contributed by atoms with Crippen molar-refractivity contribution in [2.45, 2.75) is 6.92 Å². The van der Waals surface area contributed by atoms with Crippen LogP contribution in [-0.2, 0) is 0 Å². The highest BCUT2D eigenvalue weighted by atomic mass is 15.1. The molecule has 0 radical (unpaired) electrons. The topological polar surface area (TPSA) is 39.9 Å². The van der Waals surface area contributed by atoms with Gasteiger partial charge >= 0.3 is 0 Å². The highest BCUT2D eigenvalue weighted by molar-refractivity contribution is 5.98. The van der Waals surface area contributed by atoms with Crippen molar-refractivity contribution in [2.24, 2.45) is 0 Å². The first kappa shape index (κ1) is 14.1. The minimum absolute atomic E-state index is 0.606. The summed E-state index contributed by atoms with van der Waals surface area (Å²) in [6, 6.07) is 18.5. The molecule has 1 aromatic heterocycles. The minimum atomic E-state index is 0.606. The van der Waals surface area contributed by atoms with Crippen LogP contribution in [0.25, 0.3) is 22.0 Å². The Labute approximate surface area is 130 Å². The molecule has 3 nitrogen and oxygen atoms in total. The molecule has 0 aliphatic heterocycles. The predicted molar refractivity (Wildman–Crippen MR) is 90.8 cm³/mol. The third kappa shape index (κ3) is 2.40. The fourth-order valence-corrected chi connectivity index (χ4v) is 2.60. The molecule has 3 rings (SSSR count). The molecule has 3 aromatic rings. The van der Waals surface area contributed by atoms with Crippen LogP contribution in [0.4, 0.5) is 5.69 Å². The third-order valence-electron chi connectivity index (χ3n) is 3.95. The molecule has 0 unspecified atom stereocenters. The second-order valence-corrected chi connectivity index (χ2v) is 5.24. The predicted octanol–water partition coefficient (Wildman–Crippen LogP) is 4.23. The molecule has 0 bridgehead atoms. The summed E-state index contributed by atoms with van der Waals surface area (Å²) >= 11 is 0. The second-order valence-electron chi connectivity index (χ2n) is 5.24. The summed E-state index contributed by atoms with van der Waals surface area (Å²) in [5.74, 6) is 0. The molecule has 0 spiro atoms. The molecule has 0 aliphatic rings. The van der Waals surface area contributed by atoms with Crippen LogP contribution in [-0.4, -0.2) is 18.6 Å². The van der Waals surface area contributed by atoms with Crippen LogP contribution in [0.5, 0.6) is 0 Å². The molecule has 0 N–H and O–H groups in total. The molecular formula is C19H17N3. The van der Waals surface area contributed by atoms with Crippen molar-refractivity contribution < 1.29 is 0 Å². The van der Waals surface area contributed by atoms with Crippen molar-refractivity contribution in [3.8, 4) is 17.2 Å². The molecule has 0 saturated carbocycles. The number of hydrogen-bond donors (Lipinski definition) is 0. The van der Waals surface area contributed by atoms with Crippen molar-refractivity contribution in [3.63, 3.8) is 0 Å². The van der Waals surface area contributed by atoms with Gasteiger partial charge in [-0.2, -0.15) is 5.26 Å². The van der Waals surface area contributed by atoms with E-state index in [1.54, 1.807) is 6.20 Å². The Morgan fingerprint density at radius 3 is 2.59 bits per heavy atom. The van der Waals surface area contributed by atoms with Gasteiger partial charge in [-0.15, -0.1) is 0 Å². The number of rotatable bonds is 3. The lowest BCUT2D eigenvalue weighted by molar-refractivity contribution is 0.969. The summed E-state index contributed by atoms with van der Waals surface area (Å²) in [4.78, 5) is 6.60. The SMILES string of the molecule is CCN(C)c1ccc2ncc(C#N)c(-c3ccccc3)c2c1. The highest BCUT2D eigenvalue weighted by Crippen LogP contribution is 2.32. The first-order valence-electron chi connectivity index (χ1n) is 7.34. The van der Waals surface area contributed by atoms with Gasteiger partial charge in [-0.25, -0.2) is 0 Å². The van der Waals surface area contributed by atoms with E-state index in [0.717, 1.165) is 34.3 Å². The maximum atomic E-state index is 9.46. The molecule has 108 valence electrons. The molecular weight excluding hydrogens is 270 g/mol. The first-order chi connectivity index (χ1) is 10.7. The summed E-state index contributed by atoms with van der Waals surface area (Å²) < 4.78 is 0. The van der Waals surface area contributed by atoms with Crippen molar-refractivity contribution in [1.29, 1.82) is 5.26 Å². The fourth-order valence-electron chi connectivity index (χ4n) is 2.60. The largest absolute Gasteiger partial charge is 0.375 e. The van der Waals surface area contributed by atoms with E-state index in [0.29, 0.717) is 5.56 Å². The number of hydrogen-bond acceptors (Lipinski definition) is 3. The zero-order chi connectivity index (χ0) is 15.5. The summed E-state index contributed by atoms with van der Waals surface area (Å²) in [6.45, 7) is 3.05. The average Bonchev–Trinajstić information content (AvgIpc) is 2.60. The van der Waals surface area contributed by atoms with Crippen LogP contribution in [0.3, 0.4) is 0 Å². The van der Waals surface area contributed by atoms with Crippen LogP contribution in [0.15, 0.2) is 54.7 Å². The van der Waals surface area contributed by atoms with Crippen LogP contribution < -0.4 is 4.90 Å². The van der Waals surface area contributed by atoms with Crippen LogP contribution >= 0.6 is 0 Å². The molecule has 3 heteroatoms. The van der Waals surface area contributed by atoms with E-state index in [2.05, 4.69) is 42.1 Å². The minimum Gasteiger partial charge on any atom is -0.375 e. The lowest BCUT2D eigenvalue weighted by atomic mass is 9.96. The van der Waals surface area contributed by atoms with Crippen LogP contribution in [0.2, 0.25) is 0 Å². The monoisotopic (exact) mass is 287 g/mol. The van der Waals surface area contributed by atoms with Gasteiger partial charge in [0.05, 0.1) is 11.1 Å². The van der Waals surface area contributed by atoms with E-state index in [1.165, 1.54) is 0 Å². The number of aromatic nitrogens is 1. The maximum absolute atomic E-state index is 9.46. The number of fused-ring (bicyclic) bond motifs is 1. The quantitative estimate of drug-likeness (QED) is 0.723. The number of benzene rings is 2. The Morgan fingerprint density at radius 2 is 1.91 bits per heavy atom. The van der Waals surface area contributed by atoms with E-state index >= 15 is 0 Å². The zero-order valence-electron chi connectivity index (χ0n) is 12.7. The molecule has 2 aromatic carbocycles. The van der Waals surface area contributed by atoms with Gasteiger partial charge in [0.2, 0.25) is 0 Å². The van der Waals surface area contributed by atoms with Gasteiger partial charge in [0, 0.05) is 36.4 Å². The number of pyridine rings is 1. The fraction of sp³-hybridized carbons (Fsp3) is 0.158. The lowest BCUT2D eigenvalue weighted by Crippen LogP contribution is -2.15. The Hall–Kier alpha value is -2.86. The normalized spacial score (nSPS) is 10.4. The van der Waals surface area contributed by atoms with Gasteiger partial charge in [0.1, 0.15) is 6.07 Å². The Balaban J connectivity index is 2.33. The molecule has 22 heavy (non-hydrogen) atoms. The summed E-state index contributed by atoms with van der Waals surface area (Å²) in [6.07, 6.45) is 1.66. The van der Waals surface area contributed by atoms with Crippen molar-refractivity contribution >= 4 is 16.6 Å².